The van der Waals surface area contributed by atoms with Crippen LogP contribution in [0.5, 0.6) is 0 Å². The maximum absolute atomic E-state index is 12.3. The molecule has 11 heteroatoms. The van der Waals surface area contributed by atoms with Gasteiger partial charge in [0, 0.05) is 37.5 Å². The van der Waals surface area contributed by atoms with Gasteiger partial charge in [0.05, 0.1) is 29.5 Å². The summed E-state index contributed by atoms with van der Waals surface area (Å²) >= 11 is 1.66. The van der Waals surface area contributed by atoms with Crippen LogP contribution in [0.4, 0.5) is 11.5 Å². The van der Waals surface area contributed by atoms with Gasteiger partial charge in [-0.3, -0.25) is 14.9 Å². The third-order valence-corrected chi connectivity index (χ3v) is 6.76. The molecule has 1 amide bonds. The molecular formula is C23H29N7O3S. The van der Waals surface area contributed by atoms with E-state index in [1.165, 1.54) is 18.6 Å². The molecule has 0 saturated carbocycles. The van der Waals surface area contributed by atoms with E-state index in [0.29, 0.717) is 13.1 Å². The van der Waals surface area contributed by atoms with E-state index < -0.39 is 4.92 Å². The van der Waals surface area contributed by atoms with Crippen molar-refractivity contribution < 1.29 is 9.72 Å². The lowest BCUT2D eigenvalue weighted by atomic mass is 10.1. The molecule has 10 nitrogen and oxygen atoms in total. The predicted molar refractivity (Wildman–Crippen MR) is 132 cm³/mol. The fourth-order valence-electron chi connectivity index (χ4n) is 3.97. The zero-order valence-corrected chi connectivity index (χ0v) is 20.1. The highest BCUT2D eigenvalue weighted by atomic mass is 32.2. The van der Waals surface area contributed by atoms with Crippen molar-refractivity contribution in [3.05, 3.63) is 46.1 Å². The van der Waals surface area contributed by atoms with Gasteiger partial charge in [0.25, 0.3) is 5.69 Å². The fraction of sp³-hybridized carbons (Fsp3) is 0.478. The number of nitrogens with one attached hydrogen (secondary N) is 1. The Kier molecular flexibility index (Phi) is 7.94. The number of carbonyl (C=O) groups excluding carboxylic acids is 1. The van der Waals surface area contributed by atoms with Gasteiger partial charge >= 0.3 is 0 Å². The Hall–Kier alpha value is -3.21. The Labute approximate surface area is 202 Å². The number of aromatic nitrogens is 4. The third kappa shape index (κ3) is 5.82. The minimum absolute atomic E-state index is 0.0112. The van der Waals surface area contributed by atoms with Crippen molar-refractivity contribution in [2.75, 3.05) is 30.3 Å². The van der Waals surface area contributed by atoms with E-state index in [1.807, 2.05) is 10.9 Å². The lowest BCUT2D eigenvalue weighted by molar-refractivity contribution is -0.384. The number of nitro benzene ring substituents is 1. The average Bonchev–Trinajstić information content (AvgIpc) is 3.26. The Morgan fingerprint density at radius 3 is 2.65 bits per heavy atom. The number of piperidine rings is 1. The molecule has 1 N–H and O–H groups in total. The molecule has 1 aliphatic heterocycles. The molecule has 4 rings (SSSR count). The summed E-state index contributed by atoms with van der Waals surface area (Å²) in [4.78, 5) is 34.6. The molecule has 2 aromatic heterocycles. The first-order valence-electron chi connectivity index (χ1n) is 11.7. The quantitative estimate of drug-likeness (QED) is 0.201. The van der Waals surface area contributed by atoms with Crippen LogP contribution in [0.2, 0.25) is 0 Å². The summed E-state index contributed by atoms with van der Waals surface area (Å²) in [5, 5.41) is 19.9. The van der Waals surface area contributed by atoms with E-state index in [1.54, 1.807) is 23.9 Å². The third-order valence-electron chi connectivity index (χ3n) is 5.70. The zero-order chi connectivity index (χ0) is 23.9. The topological polar surface area (TPSA) is 119 Å². The van der Waals surface area contributed by atoms with Crippen molar-refractivity contribution in [1.29, 1.82) is 0 Å². The van der Waals surface area contributed by atoms with E-state index in [-0.39, 0.29) is 18.0 Å². The number of rotatable bonds is 10. The monoisotopic (exact) mass is 483 g/mol. The number of carbonyl (C=O) groups is 1. The molecule has 1 aliphatic rings. The minimum atomic E-state index is -0.454. The Bertz CT molecular complexity index is 1140. The Morgan fingerprint density at radius 2 is 1.94 bits per heavy atom. The highest BCUT2D eigenvalue weighted by molar-refractivity contribution is 7.99. The highest BCUT2D eigenvalue weighted by Gasteiger charge is 2.20. The van der Waals surface area contributed by atoms with Gasteiger partial charge in [-0.2, -0.15) is 5.10 Å². The summed E-state index contributed by atoms with van der Waals surface area (Å²) in [5.41, 5.74) is 1.53. The van der Waals surface area contributed by atoms with E-state index in [0.717, 1.165) is 65.7 Å². The number of non-ortho nitro benzene ring substituents is 1. The van der Waals surface area contributed by atoms with Crippen molar-refractivity contribution in [1.82, 2.24) is 25.1 Å². The molecular weight excluding hydrogens is 454 g/mol. The summed E-state index contributed by atoms with van der Waals surface area (Å²) < 4.78 is 1.83. The van der Waals surface area contributed by atoms with Gasteiger partial charge in [-0.1, -0.05) is 30.8 Å². The molecule has 0 radical (unpaired) electrons. The zero-order valence-electron chi connectivity index (χ0n) is 19.3. The molecule has 3 heterocycles. The summed E-state index contributed by atoms with van der Waals surface area (Å²) in [5.74, 6) is 1.77. The fourth-order valence-corrected chi connectivity index (χ4v) is 4.66. The molecule has 3 aromatic rings. The van der Waals surface area contributed by atoms with Crippen LogP contribution in [-0.2, 0) is 17.8 Å². The molecule has 0 bridgehead atoms. The second kappa shape index (κ2) is 11.3. The summed E-state index contributed by atoms with van der Waals surface area (Å²) in [7, 11) is 0. The largest absolute Gasteiger partial charge is 0.356 e. The first-order valence-corrected chi connectivity index (χ1v) is 12.6. The van der Waals surface area contributed by atoms with Gasteiger partial charge in [0.15, 0.2) is 10.8 Å². The van der Waals surface area contributed by atoms with Gasteiger partial charge < -0.3 is 10.2 Å². The number of amides is 1. The summed E-state index contributed by atoms with van der Waals surface area (Å²) in [6.07, 6.45) is 6.62. The Balaban J connectivity index is 1.43. The highest BCUT2D eigenvalue weighted by Crippen LogP contribution is 2.29. The number of hydrogen-bond acceptors (Lipinski definition) is 8. The molecule has 0 aliphatic carbocycles. The lowest BCUT2D eigenvalue weighted by Gasteiger charge is -2.28. The number of thioether (sulfide) groups is 1. The number of nitrogens with zero attached hydrogens (tertiary/aromatic N) is 6. The van der Waals surface area contributed by atoms with Crippen molar-refractivity contribution >= 4 is 40.2 Å². The molecule has 1 saturated heterocycles. The second-order valence-corrected chi connectivity index (χ2v) is 9.34. The molecule has 180 valence electrons. The molecule has 0 unspecified atom stereocenters. The molecule has 1 fully saturated rings. The first kappa shape index (κ1) is 23.9. The van der Waals surface area contributed by atoms with Crippen LogP contribution in [-0.4, -0.2) is 56.0 Å². The normalized spacial score (nSPS) is 13.9. The Morgan fingerprint density at radius 1 is 1.18 bits per heavy atom. The average molecular weight is 484 g/mol. The van der Waals surface area contributed by atoms with Crippen molar-refractivity contribution in [3.63, 3.8) is 0 Å². The summed E-state index contributed by atoms with van der Waals surface area (Å²) in [6, 6.07) is 6.03. The molecule has 34 heavy (non-hydrogen) atoms. The van der Waals surface area contributed by atoms with Gasteiger partial charge in [-0.05, 0) is 31.2 Å². The van der Waals surface area contributed by atoms with Crippen molar-refractivity contribution in [2.45, 2.75) is 50.7 Å². The van der Waals surface area contributed by atoms with Crippen LogP contribution in [0.15, 0.2) is 35.6 Å². The number of anilines is 1. The van der Waals surface area contributed by atoms with Crippen LogP contribution >= 0.6 is 11.8 Å². The maximum Gasteiger partial charge on any atom is 0.269 e. The van der Waals surface area contributed by atoms with E-state index >= 15 is 0 Å². The van der Waals surface area contributed by atoms with Gasteiger partial charge in [-0.25, -0.2) is 14.6 Å². The lowest BCUT2D eigenvalue weighted by Crippen LogP contribution is -2.30. The number of benzene rings is 1. The van der Waals surface area contributed by atoms with Gasteiger partial charge in [-0.15, -0.1) is 0 Å². The van der Waals surface area contributed by atoms with Crippen molar-refractivity contribution in [2.24, 2.45) is 0 Å². The predicted octanol–water partition coefficient (Wildman–Crippen LogP) is 3.59. The maximum atomic E-state index is 12.3. The van der Waals surface area contributed by atoms with Crippen LogP contribution in [0, 0.1) is 10.1 Å². The van der Waals surface area contributed by atoms with Crippen LogP contribution < -0.4 is 10.2 Å². The minimum Gasteiger partial charge on any atom is -0.356 e. The van der Waals surface area contributed by atoms with E-state index in [4.69, 9.17) is 9.97 Å². The molecule has 0 spiro atoms. The number of hydrogen-bond donors (Lipinski definition) is 1. The van der Waals surface area contributed by atoms with Crippen molar-refractivity contribution in [3.8, 4) is 0 Å². The summed E-state index contributed by atoms with van der Waals surface area (Å²) in [6.45, 7) is 5.02. The standard InChI is InChI=1S/C23H29N7O3S/c1-2-14-34-23-26-21(28-11-4-3-5-12-28)19-16-25-29(22(19)27-23)13-10-24-20(31)15-17-6-8-18(9-7-17)30(32)33/h6-9,16H,2-5,10-15H2,1H3,(H,24,31). The second-order valence-electron chi connectivity index (χ2n) is 8.28. The number of fused-ring (bicyclic) bond motifs is 1. The molecule has 0 atom stereocenters. The van der Waals surface area contributed by atoms with Gasteiger partial charge in [0.2, 0.25) is 5.91 Å². The van der Waals surface area contributed by atoms with Crippen LogP contribution in [0.3, 0.4) is 0 Å². The first-order chi connectivity index (χ1) is 16.5. The molecule has 1 aromatic carbocycles. The smallest absolute Gasteiger partial charge is 0.269 e. The van der Waals surface area contributed by atoms with E-state index in [2.05, 4.69) is 22.2 Å². The SMILES string of the molecule is CCCSc1nc(N2CCCCC2)c2cnn(CCNC(=O)Cc3ccc([N+](=O)[O-])cc3)c2n1. The number of nitro groups is 1. The van der Waals surface area contributed by atoms with Crippen LogP contribution in [0.1, 0.15) is 38.2 Å². The van der Waals surface area contributed by atoms with Crippen LogP contribution in [0.25, 0.3) is 11.0 Å². The van der Waals surface area contributed by atoms with E-state index in [9.17, 15) is 14.9 Å². The van der Waals surface area contributed by atoms with Gasteiger partial charge in [0.1, 0.15) is 5.82 Å².